The zero-order valence-corrected chi connectivity index (χ0v) is 16.1. The molecule has 0 aliphatic carbocycles. The van der Waals surface area contributed by atoms with Crippen molar-refractivity contribution in [1.82, 2.24) is 20.8 Å². The van der Waals surface area contributed by atoms with Crippen molar-refractivity contribution >= 4 is 17.7 Å². The van der Waals surface area contributed by atoms with E-state index in [0.29, 0.717) is 29.6 Å². The van der Waals surface area contributed by atoms with Gasteiger partial charge in [-0.2, -0.15) is 4.98 Å². The maximum Gasteiger partial charge on any atom is 0.237 e. The predicted molar refractivity (Wildman–Crippen MR) is 106 cm³/mol. The number of nitrogens with one attached hydrogen (secondary N) is 2. The van der Waals surface area contributed by atoms with Gasteiger partial charge in [0.1, 0.15) is 11.2 Å². The van der Waals surface area contributed by atoms with Crippen molar-refractivity contribution in [2.24, 2.45) is 0 Å². The number of hydrogen-bond acceptors (Lipinski definition) is 7. The van der Waals surface area contributed by atoms with Crippen LogP contribution in [0.4, 0.5) is 0 Å². The molecular formula is C20H20N4O3S. The molecule has 3 aromatic rings. The van der Waals surface area contributed by atoms with E-state index in [2.05, 4.69) is 20.8 Å². The minimum atomic E-state index is -0.229. The average Bonchev–Trinajstić information content (AvgIpc) is 3.21. The smallest absolute Gasteiger partial charge is 0.237 e. The number of rotatable bonds is 6. The van der Waals surface area contributed by atoms with Crippen LogP contribution >= 0.6 is 11.8 Å². The molecule has 1 aliphatic rings. The largest absolute Gasteiger partial charge is 0.496 e. The average molecular weight is 396 g/mol. The highest BCUT2D eigenvalue weighted by molar-refractivity contribution is 7.99. The maximum atomic E-state index is 12.1. The van der Waals surface area contributed by atoms with Gasteiger partial charge in [-0.05, 0) is 17.7 Å². The molecule has 0 bridgehead atoms. The summed E-state index contributed by atoms with van der Waals surface area (Å²) in [5.74, 6) is 2.15. The molecule has 1 saturated heterocycles. The highest BCUT2D eigenvalue weighted by Crippen LogP contribution is 2.29. The molecule has 2 heterocycles. The number of carbonyl (C=O) groups excluding carboxylic acids is 1. The summed E-state index contributed by atoms with van der Waals surface area (Å²) in [7, 11) is 1.61. The lowest BCUT2D eigenvalue weighted by Gasteiger charge is -2.31. The van der Waals surface area contributed by atoms with E-state index in [-0.39, 0.29) is 17.4 Å². The molecule has 1 aromatic heterocycles. The first-order valence-electron chi connectivity index (χ1n) is 8.91. The van der Waals surface area contributed by atoms with E-state index in [4.69, 9.17) is 9.26 Å². The van der Waals surface area contributed by atoms with Crippen molar-refractivity contribution in [1.29, 1.82) is 0 Å². The zero-order valence-electron chi connectivity index (χ0n) is 15.3. The van der Waals surface area contributed by atoms with Gasteiger partial charge in [-0.3, -0.25) is 10.1 Å². The summed E-state index contributed by atoms with van der Waals surface area (Å²) >= 11 is 1.50. The molecule has 144 valence electrons. The van der Waals surface area contributed by atoms with Gasteiger partial charge in [0.2, 0.25) is 17.6 Å². The monoisotopic (exact) mass is 396 g/mol. The van der Waals surface area contributed by atoms with Gasteiger partial charge in [-0.15, -0.1) is 11.8 Å². The molecule has 4 rings (SSSR count). The van der Waals surface area contributed by atoms with E-state index in [1.807, 2.05) is 54.6 Å². The number of para-hydroxylation sites is 1. The van der Waals surface area contributed by atoms with Crippen LogP contribution in [0.1, 0.15) is 23.9 Å². The van der Waals surface area contributed by atoms with Crippen molar-refractivity contribution in [3.05, 3.63) is 66.1 Å². The molecule has 7 nitrogen and oxygen atoms in total. The molecule has 8 heteroatoms. The first-order valence-corrected chi connectivity index (χ1v) is 9.96. The molecule has 2 N–H and O–H groups in total. The Hall–Kier alpha value is -2.84. The number of carbonyl (C=O) groups is 1. The van der Waals surface area contributed by atoms with Crippen molar-refractivity contribution in [2.75, 3.05) is 7.11 Å². The zero-order chi connectivity index (χ0) is 19.3. The second-order valence-electron chi connectivity index (χ2n) is 6.30. The van der Waals surface area contributed by atoms with Crippen LogP contribution in [0.5, 0.6) is 5.75 Å². The summed E-state index contributed by atoms with van der Waals surface area (Å²) in [6.07, 6.45) is 0.416. The predicted octanol–water partition coefficient (Wildman–Crippen LogP) is 3.11. The third-order valence-electron chi connectivity index (χ3n) is 4.43. The SMILES string of the molecule is COc1ccccc1-c1noc(CSC2NC(=O)CC(c3ccccc3)N2)n1. The van der Waals surface area contributed by atoms with Crippen LogP contribution in [0.3, 0.4) is 0 Å². The normalized spacial score (nSPS) is 19.2. The van der Waals surface area contributed by atoms with E-state index in [1.54, 1.807) is 7.11 Å². The van der Waals surface area contributed by atoms with Gasteiger partial charge >= 0.3 is 0 Å². The fourth-order valence-electron chi connectivity index (χ4n) is 3.07. The van der Waals surface area contributed by atoms with E-state index >= 15 is 0 Å². The van der Waals surface area contributed by atoms with E-state index in [9.17, 15) is 4.79 Å². The number of benzene rings is 2. The number of nitrogens with zero attached hydrogens (tertiary/aromatic N) is 2. The molecule has 2 aromatic carbocycles. The van der Waals surface area contributed by atoms with Crippen LogP contribution in [-0.4, -0.2) is 28.7 Å². The lowest BCUT2D eigenvalue weighted by Crippen LogP contribution is -2.50. The summed E-state index contributed by atoms with van der Waals surface area (Å²) in [4.78, 5) is 16.5. The lowest BCUT2D eigenvalue weighted by molar-refractivity contribution is -0.123. The van der Waals surface area contributed by atoms with Gasteiger partial charge in [0, 0.05) is 12.5 Å². The van der Waals surface area contributed by atoms with Crippen LogP contribution in [0.2, 0.25) is 0 Å². The van der Waals surface area contributed by atoms with Crippen molar-refractivity contribution < 1.29 is 14.1 Å². The number of amides is 1. The third-order valence-corrected chi connectivity index (χ3v) is 5.43. The second kappa shape index (κ2) is 8.45. The lowest BCUT2D eigenvalue weighted by atomic mass is 10.0. The van der Waals surface area contributed by atoms with Crippen LogP contribution in [-0.2, 0) is 10.5 Å². The molecule has 0 saturated carbocycles. The van der Waals surface area contributed by atoms with Crippen LogP contribution < -0.4 is 15.4 Å². The first-order chi connectivity index (χ1) is 13.7. The minimum absolute atomic E-state index is 0.0146. The number of thioether (sulfide) groups is 1. The maximum absolute atomic E-state index is 12.1. The molecule has 0 spiro atoms. The molecule has 0 radical (unpaired) electrons. The summed E-state index contributed by atoms with van der Waals surface area (Å²) < 4.78 is 10.7. The van der Waals surface area contributed by atoms with Gasteiger partial charge in [0.15, 0.2) is 0 Å². The Balaban J connectivity index is 1.40. The van der Waals surface area contributed by atoms with E-state index in [0.717, 1.165) is 11.1 Å². The Morgan fingerprint density at radius 3 is 2.79 bits per heavy atom. The Labute approximate surface area is 166 Å². The summed E-state index contributed by atoms with van der Waals surface area (Å²) in [5, 5.41) is 10.4. The standard InChI is InChI=1S/C20H20N4O3S/c1-26-16-10-6-5-9-14(16)19-23-18(27-24-19)12-28-20-21-15(11-17(25)22-20)13-7-3-2-4-8-13/h2-10,15,20-21H,11-12H2,1H3,(H,22,25). The quantitative estimate of drug-likeness (QED) is 0.662. The second-order valence-corrected chi connectivity index (χ2v) is 7.40. The Bertz CT molecular complexity index is 947. The Kier molecular flexibility index (Phi) is 5.59. The molecule has 2 atom stereocenters. The van der Waals surface area contributed by atoms with Gasteiger partial charge in [-0.25, -0.2) is 0 Å². The summed E-state index contributed by atoms with van der Waals surface area (Å²) in [6.45, 7) is 0. The fraction of sp³-hybridized carbons (Fsp3) is 0.250. The van der Waals surface area contributed by atoms with Crippen molar-refractivity contribution in [2.45, 2.75) is 23.7 Å². The topological polar surface area (TPSA) is 89.3 Å². The van der Waals surface area contributed by atoms with E-state index < -0.39 is 0 Å². The molecule has 1 fully saturated rings. The highest BCUT2D eigenvalue weighted by Gasteiger charge is 2.27. The van der Waals surface area contributed by atoms with Gasteiger partial charge < -0.3 is 14.6 Å². The molecule has 2 unspecified atom stereocenters. The number of ether oxygens (including phenoxy) is 1. The van der Waals surface area contributed by atoms with Crippen LogP contribution in [0, 0.1) is 0 Å². The minimum Gasteiger partial charge on any atom is -0.496 e. The molecular weight excluding hydrogens is 376 g/mol. The fourth-order valence-corrected chi connectivity index (χ4v) is 3.97. The van der Waals surface area contributed by atoms with Gasteiger partial charge in [0.25, 0.3) is 0 Å². The van der Waals surface area contributed by atoms with Gasteiger partial charge in [-0.1, -0.05) is 47.6 Å². The van der Waals surface area contributed by atoms with Crippen LogP contribution in [0.15, 0.2) is 59.1 Å². The Morgan fingerprint density at radius 1 is 1.18 bits per heavy atom. The highest BCUT2D eigenvalue weighted by atomic mass is 32.2. The Morgan fingerprint density at radius 2 is 1.96 bits per heavy atom. The number of methoxy groups -OCH3 is 1. The summed E-state index contributed by atoms with van der Waals surface area (Å²) in [6, 6.07) is 17.5. The molecule has 28 heavy (non-hydrogen) atoms. The van der Waals surface area contributed by atoms with Crippen LogP contribution in [0.25, 0.3) is 11.4 Å². The number of aromatic nitrogens is 2. The molecule has 1 amide bonds. The third kappa shape index (κ3) is 4.18. The first kappa shape index (κ1) is 18.5. The van der Waals surface area contributed by atoms with E-state index in [1.165, 1.54) is 11.8 Å². The number of hydrogen-bond donors (Lipinski definition) is 2. The van der Waals surface area contributed by atoms with Crippen molar-refractivity contribution in [3.8, 4) is 17.1 Å². The summed E-state index contributed by atoms with van der Waals surface area (Å²) in [5.41, 5.74) is 1.64. The van der Waals surface area contributed by atoms with Gasteiger partial charge in [0.05, 0.1) is 18.4 Å². The molecule has 1 aliphatic heterocycles. The van der Waals surface area contributed by atoms with Crippen molar-refractivity contribution in [3.63, 3.8) is 0 Å².